The molecule has 100 valence electrons. The van der Waals surface area contributed by atoms with Crippen LogP contribution >= 0.6 is 27.5 Å². The van der Waals surface area contributed by atoms with E-state index in [1.54, 1.807) is 0 Å². The number of alkyl halides is 1. The smallest absolute Gasteiger partial charge is 0.0717 e. The summed E-state index contributed by atoms with van der Waals surface area (Å²) < 4.78 is 5.79. The van der Waals surface area contributed by atoms with Crippen LogP contribution in [0.15, 0.2) is 54.6 Å². The number of benzene rings is 2. The van der Waals surface area contributed by atoms with Gasteiger partial charge in [0.15, 0.2) is 0 Å². The molecule has 0 aromatic heterocycles. The van der Waals surface area contributed by atoms with E-state index >= 15 is 0 Å². The van der Waals surface area contributed by atoms with Gasteiger partial charge >= 0.3 is 0 Å². The first-order valence-electron chi connectivity index (χ1n) is 6.23. The number of hydrogen-bond acceptors (Lipinski definition) is 1. The molecule has 19 heavy (non-hydrogen) atoms. The van der Waals surface area contributed by atoms with Crippen LogP contribution in [-0.2, 0) is 11.3 Å². The molecule has 0 N–H and O–H groups in total. The zero-order chi connectivity index (χ0) is 13.5. The van der Waals surface area contributed by atoms with Crippen LogP contribution in [0.3, 0.4) is 0 Å². The molecule has 1 nitrogen and oxygen atoms in total. The van der Waals surface area contributed by atoms with E-state index in [-0.39, 0.29) is 5.92 Å². The molecule has 2 rings (SSSR count). The van der Waals surface area contributed by atoms with E-state index in [9.17, 15) is 0 Å². The highest BCUT2D eigenvalue weighted by Crippen LogP contribution is 2.26. The standard InChI is InChI=1S/C16H16BrClO/c17-10-14(15-8-4-5-9-16(15)18)12-19-11-13-6-2-1-3-7-13/h1-9,14H,10-12H2. The molecule has 0 radical (unpaired) electrons. The van der Waals surface area contributed by atoms with E-state index in [1.165, 1.54) is 5.56 Å². The molecule has 0 fully saturated rings. The third-order valence-corrected chi connectivity index (χ3v) is 4.09. The van der Waals surface area contributed by atoms with Crippen molar-refractivity contribution < 1.29 is 4.74 Å². The fraction of sp³-hybridized carbons (Fsp3) is 0.250. The summed E-state index contributed by atoms with van der Waals surface area (Å²) in [7, 11) is 0. The van der Waals surface area contributed by atoms with Gasteiger partial charge < -0.3 is 4.74 Å². The highest BCUT2D eigenvalue weighted by molar-refractivity contribution is 9.09. The average molecular weight is 340 g/mol. The summed E-state index contributed by atoms with van der Waals surface area (Å²) in [6.07, 6.45) is 0. The van der Waals surface area contributed by atoms with E-state index in [2.05, 4.69) is 34.1 Å². The molecule has 0 amide bonds. The Balaban J connectivity index is 1.92. The van der Waals surface area contributed by atoms with E-state index in [0.717, 1.165) is 15.9 Å². The maximum Gasteiger partial charge on any atom is 0.0717 e. The predicted molar refractivity (Wildman–Crippen MR) is 84.1 cm³/mol. The Morgan fingerprint density at radius 2 is 1.68 bits per heavy atom. The summed E-state index contributed by atoms with van der Waals surface area (Å²) in [6.45, 7) is 1.29. The second-order valence-corrected chi connectivity index (χ2v) is 5.43. The maximum atomic E-state index is 6.22. The van der Waals surface area contributed by atoms with Gasteiger partial charge in [0.25, 0.3) is 0 Å². The van der Waals surface area contributed by atoms with Crippen molar-refractivity contribution in [2.45, 2.75) is 12.5 Å². The van der Waals surface area contributed by atoms with Gasteiger partial charge in [-0.2, -0.15) is 0 Å². The van der Waals surface area contributed by atoms with Gasteiger partial charge in [-0.15, -0.1) is 0 Å². The largest absolute Gasteiger partial charge is 0.376 e. The Bertz CT molecular complexity index is 501. The van der Waals surface area contributed by atoms with Crippen molar-refractivity contribution in [3.05, 3.63) is 70.7 Å². The minimum atomic E-state index is 0.275. The van der Waals surface area contributed by atoms with E-state index in [4.69, 9.17) is 16.3 Å². The lowest BCUT2D eigenvalue weighted by atomic mass is 10.0. The average Bonchev–Trinajstić information content (AvgIpc) is 2.46. The molecule has 0 aliphatic carbocycles. The van der Waals surface area contributed by atoms with E-state index in [1.807, 2.05) is 36.4 Å². The minimum Gasteiger partial charge on any atom is -0.376 e. The van der Waals surface area contributed by atoms with Crippen LogP contribution in [0.5, 0.6) is 0 Å². The number of rotatable bonds is 6. The zero-order valence-corrected chi connectivity index (χ0v) is 12.9. The number of hydrogen-bond donors (Lipinski definition) is 0. The zero-order valence-electron chi connectivity index (χ0n) is 10.6. The Morgan fingerprint density at radius 1 is 1.00 bits per heavy atom. The van der Waals surface area contributed by atoms with Crippen molar-refractivity contribution in [3.63, 3.8) is 0 Å². The normalized spacial score (nSPS) is 12.3. The highest BCUT2D eigenvalue weighted by atomic mass is 79.9. The Kier molecular flexibility index (Phi) is 5.90. The number of halogens is 2. The van der Waals surface area contributed by atoms with Crippen LogP contribution < -0.4 is 0 Å². The van der Waals surface area contributed by atoms with Crippen molar-refractivity contribution in [3.8, 4) is 0 Å². The lowest BCUT2D eigenvalue weighted by Gasteiger charge is -2.16. The molecular weight excluding hydrogens is 324 g/mol. The topological polar surface area (TPSA) is 9.23 Å². The third-order valence-electron chi connectivity index (χ3n) is 2.96. The van der Waals surface area contributed by atoms with Crippen LogP contribution in [0.1, 0.15) is 17.0 Å². The lowest BCUT2D eigenvalue weighted by molar-refractivity contribution is 0.111. The Morgan fingerprint density at radius 3 is 2.37 bits per heavy atom. The predicted octanol–water partition coefficient (Wildman–Crippen LogP) is 5.04. The SMILES string of the molecule is Clc1ccccc1C(CBr)COCc1ccccc1. The second kappa shape index (κ2) is 7.68. The monoisotopic (exact) mass is 338 g/mol. The third kappa shape index (κ3) is 4.34. The first-order valence-corrected chi connectivity index (χ1v) is 7.73. The van der Waals surface area contributed by atoms with Crippen molar-refractivity contribution in [2.75, 3.05) is 11.9 Å². The van der Waals surface area contributed by atoms with Crippen molar-refractivity contribution >= 4 is 27.5 Å². The van der Waals surface area contributed by atoms with Crippen molar-refractivity contribution in [1.82, 2.24) is 0 Å². The van der Waals surface area contributed by atoms with E-state index < -0.39 is 0 Å². The maximum absolute atomic E-state index is 6.22. The molecular formula is C16H16BrClO. The molecule has 1 unspecified atom stereocenters. The second-order valence-electron chi connectivity index (χ2n) is 4.37. The summed E-state index contributed by atoms with van der Waals surface area (Å²) >= 11 is 9.75. The van der Waals surface area contributed by atoms with E-state index in [0.29, 0.717) is 13.2 Å². The van der Waals surface area contributed by atoms with Crippen LogP contribution in [-0.4, -0.2) is 11.9 Å². The Hall–Kier alpha value is -0.830. The minimum absolute atomic E-state index is 0.275. The molecule has 0 saturated carbocycles. The van der Waals surface area contributed by atoms with Crippen LogP contribution in [0, 0.1) is 0 Å². The molecule has 0 bridgehead atoms. The van der Waals surface area contributed by atoms with Crippen LogP contribution in [0.4, 0.5) is 0 Å². The van der Waals surface area contributed by atoms with Gasteiger partial charge in [-0.1, -0.05) is 76.1 Å². The molecule has 0 saturated heterocycles. The lowest BCUT2D eigenvalue weighted by Crippen LogP contribution is -2.10. The molecule has 0 spiro atoms. The van der Waals surface area contributed by atoms with Crippen molar-refractivity contribution in [1.29, 1.82) is 0 Å². The fourth-order valence-electron chi connectivity index (χ4n) is 1.92. The molecule has 1 atom stereocenters. The summed E-state index contributed by atoms with van der Waals surface area (Å²) in [6, 6.07) is 18.1. The van der Waals surface area contributed by atoms with Gasteiger partial charge in [-0.25, -0.2) is 0 Å². The molecule has 0 aliphatic heterocycles. The summed E-state index contributed by atoms with van der Waals surface area (Å²) in [5.41, 5.74) is 2.32. The van der Waals surface area contributed by atoms with Gasteiger partial charge in [0.2, 0.25) is 0 Å². The first kappa shape index (κ1) is 14.6. The van der Waals surface area contributed by atoms with Crippen LogP contribution in [0.2, 0.25) is 5.02 Å². The van der Waals surface area contributed by atoms with Gasteiger partial charge in [0.05, 0.1) is 13.2 Å². The van der Waals surface area contributed by atoms with Gasteiger partial charge in [-0.05, 0) is 17.2 Å². The molecule has 3 heteroatoms. The summed E-state index contributed by atoms with van der Waals surface area (Å²) in [5, 5.41) is 1.64. The summed E-state index contributed by atoms with van der Waals surface area (Å²) in [4.78, 5) is 0. The Labute approximate surface area is 127 Å². The van der Waals surface area contributed by atoms with Crippen molar-refractivity contribution in [2.24, 2.45) is 0 Å². The quantitative estimate of drug-likeness (QED) is 0.670. The molecule has 0 heterocycles. The van der Waals surface area contributed by atoms with Crippen LogP contribution in [0.25, 0.3) is 0 Å². The molecule has 2 aromatic carbocycles. The van der Waals surface area contributed by atoms with Gasteiger partial charge in [0, 0.05) is 16.3 Å². The number of ether oxygens (including phenoxy) is 1. The molecule has 2 aromatic rings. The van der Waals surface area contributed by atoms with Gasteiger partial charge in [0.1, 0.15) is 0 Å². The van der Waals surface area contributed by atoms with Gasteiger partial charge in [-0.3, -0.25) is 0 Å². The highest BCUT2D eigenvalue weighted by Gasteiger charge is 2.13. The summed E-state index contributed by atoms with van der Waals surface area (Å²) in [5.74, 6) is 0.275. The first-order chi connectivity index (χ1) is 9.31. The fourth-order valence-corrected chi connectivity index (χ4v) is 2.74. The molecule has 0 aliphatic rings.